The van der Waals surface area contributed by atoms with Crippen LogP contribution in [0.2, 0.25) is 0 Å². The maximum Gasteiger partial charge on any atom is 0.158 e. The van der Waals surface area contributed by atoms with Gasteiger partial charge in [0.1, 0.15) is 0 Å². The lowest BCUT2D eigenvalue weighted by Crippen LogP contribution is -2.39. The zero-order valence-corrected chi connectivity index (χ0v) is 8.63. The van der Waals surface area contributed by atoms with Crippen molar-refractivity contribution in [1.82, 2.24) is 0 Å². The van der Waals surface area contributed by atoms with Crippen LogP contribution < -0.4 is 0 Å². The zero-order chi connectivity index (χ0) is 10.0. The maximum absolute atomic E-state index is 11.5. The van der Waals surface area contributed by atoms with E-state index in [0.717, 1.165) is 32.3 Å². The summed E-state index contributed by atoms with van der Waals surface area (Å²) in [6.45, 7) is 4.31. The molecule has 2 rings (SSSR count). The molecule has 1 aliphatic carbocycles. The van der Waals surface area contributed by atoms with Crippen LogP contribution in [0.5, 0.6) is 0 Å². The first-order chi connectivity index (χ1) is 6.76. The lowest BCUT2D eigenvalue weighted by molar-refractivity contribution is -0.132. The van der Waals surface area contributed by atoms with Gasteiger partial charge in [0, 0.05) is 12.5 Å². The Labute approximate surface area is 85.3 Å². The lowest BCUT2D eigenvalue weighted by Gasteiger charge is -2.37. The molecule has 1 heterocycles. The molecule has 1 saturated heterocycles. The Morgan fingerprint density at radius 1 is 1.43 bits per heavy atom. The summed E-state index contributed by atoms with van der Waals surface area (Å²) >= 11 is 0. The summed E-state index contributed by atoms with van der Waals surface area (Å²) in [6, 6.07) is 0. The minimum Gasteiger partial charge on any atom is -0.375 e. The van der Waals surface area contributed by atoms with E-state index in [1.165, 1.54) is 18.9 Å². The van der Waals surface area contributed by atoms with Crippen LogP contribution in [0.25, 0.3) is 0 Å². The Morgan fingerprint density at radius 3 is 2.79 bits per heavy atom. The molecule has 0 amide bonds. The third-order valence-electron chi connectivity index (χ3n) is 3.61. The number of ether oxygens (including phenoxy) is 1. The minimum absolute atomic E-state index is 0.0571. The van der Waals surface area contributed by atoms with Crippen molar-refractivity contribution in [2.75, 3.05) is 6.61 Å². The third kappa shape index (κ3) is 1.76. The van der Waals surface area contributed by atoms with E-state index in [-0.39, 0.29) is 17.3 Å². The first-order valence-electron chi connectivity index (χ1n) is 5.56. The number of allylic oxidation sites excluding steroid dienone is 1. The highest BCUT2D eigenvalue weighted by molar-refractivity contribution is 5.91. The molecule has 0 aromatic rings. The summed E-state index contributed by atoms with van der Waals surface area (Å²) in [7, 11) is 0. The molecule has 1 spiro atoms. The van der Waals surface area contributed by atoms with Gasteiger partial charge in [-0.2, -0.15) is 0 Å². The van der Waals surface area contributed by atoms with Gasteiger partial charge in [0.2, 0.25) is 0 Å². The summed E-state index contributed by atoms with van der Waals surface area (Å²) in [4.78, 5) is 11.5. The first kappa shape index (κ1) is 9.91. The quantitative estimate of drug-likeness (QED) is 0.631. The fourth-order valence-corrected chi connectivity index (χ4v) is 2.81. The topological polar surface area (TPSA) is 26.3 Å². The molecular formula is C12H18O2. The van der Waals surface area contributed by atoms with E-state index < -0.39 is 0 Å². The van der Waals surface area contributed by atoms with Crippen LogP contribution in [0, 0.1) is 5.92 Å². The van der Waals surface area contributed by atoms with Gasteiger partial charge in [-0.1, -0.05) is 19.4 Å². The van der Waals surface area contributed by atoms with Crippen LogP contribution in [0.1, 0.15) is 38.5 Å². The van der Waals surface area contributed by atoms with Gasteiger partial charge < -0.3 is 4.74 Å². The Balaban J connectivity index is 2.03. The van der Waals surface area contributed by atoms with Crippen molar-refractivity contribution < 1.29 is 9.53 Å². The van der Waals surface area contributed by atoms with E-state index in [2.05, 4.69) is 6.58 Å². The highest BCUT2D eigenvalue weighted by Gasteiger charge is 2.41. The Kier molecular flexibility index (Phi) is 2.73. The standard InChI is InChI=1S/C12H18O2/c1-2-11(13)10-5-8-14-12(9-10)6-3-4-7-12/h2,10H,1,3-9H2. The van der Waals surface area contributed by atoms with Gasteiger partial charge in [-0.15, -0.1) is 0 Å². The number of ketones is 1. The molecule has 1 aliphatic heterocycles. The van der Waals surface area contributed by atoms with E-state index >= 15 is 0 Å². The van der Waals surface area contributed by atoms with E-state index in [1.54, 1.807) is 0 Å². The number of carbonyl (C=O) groups is 1. The zero-order valence-electron chi connectivity index (χ0n) is 8.63. The summed E-state index contributed by atoms with van der Waals surface area (Å²) < 4.78 is 5.86. The van der Waals surface area contributed by atoms with E-state index in [4.69, 9.17) is 4.74 Å². The fraction of sp³-hybridized carbons (Fsp3) is 0.750. The van der Waals surface area contributed by atoms with Crippen LogP contribution in [-0.4, -0.2) is 18.0 Å². The van der Waals surface area contributed by atoms with E-state index in [1.807, 2.05) is 0 Å². The molecule has 0 aromatic carbocycles. The molecule has 2 heteroatoms. The van der Waals surface area contributed by atoms with Gasteiger partial charge in [-0.25, -0.2) is 0 Å². The number of hydrogen-bond acceptors (Lipinski definition) is 2. The smallest absolute Gasteiger partial charge is 0.158 e. The van der Waals surface area contributed by atoms with Gasteiger partial charge in [-0.05, 0) is 31.8 Å². The summed E-state index contributed by atoms with van der Waals surface area (Å²) in [5, 5.41) is 0. The lowest BCUT2D eigenvalue weighted by atomic mass is 9.82. The monoisotopic (exact) mass is 194 g/mol. The van der Waals surface area contributed by atoms with Crippen molar-refractivity contribution in [3.63, 3.8) is 0 Å². The molecule has 2 aliphatic rings. The second-order valence-electron chi connectivity index (χ2n) is 4.53. The molecule has 0 bridgehead atoms. The largest absolute Gasteiger partial charge is 0.375 e. The van der Waals surface area contributed by atoms with Crippen molar-refractivity contribution in [2.45, 2.75) is 44.1 Å². The van der Waals surface area contributed by atoms with Crippen LogP contribution >= 0.6 is 0 Å². The molecule has 0 aromatic heterocycles. The molecule has 0 radical (unpaired) electrons. The van der Waals surface area contributed by atoms with E-state index in [9.17, 15) is 4.79 Å². The fourth-order valence-electron chi connectivity index (χ4n) is 2.81. The second kappa shape index (κ2) is 3.85. The van der Waals surface area contributed by atoms with Crippen LogP contribution in [0.15, 0.2) is 12.7 Å². The van der Waals surface area contributed by atoms with E-state index in [0.29, 0.717) is 0 Å². The molecular weight excluding hydrogens is 176 g/mol. The van der Waals surface area contributed by atoms with Crippen molar-refractivity contribution in [1.29, 1.82) is 0 Å². The van der Waals surface area contributed by atoms with Crippen LogP contribution in [-0.2, 0) is 9.53 Å². The van der Waals surface area contributed by atoms with Crippen molar-refractivity contribution in [2.24, 2.45) is 5.92 Å². The maximum atomic E-state index is 11.5. The predicted octanol–water partition coefficient (Wildman–Crippen LogP) is 2.48. The Hall–Kier alpha value is -0.630. The Morgan fingerprint density at radius 2 is 2.14 bits per heavy atom. The summed E-state index contributed by atoms with van der Waals surface area (Å²) in [5.41, 5.74) is 0.0571. The second-order valence-corrected chi connectivity index (χ2v) is 4.53. The molecule has 2 nitrogen and oxygen atoms in total. The first-order valence-corrected chi connectivity index (χ1v) is 5.56. The molecule has 1 atom stereocenters. The van der Waals surface area contributed by atoms with Gasteiger partial charge in [0.25, 0.3) is 0 Å². The normalized spacial score (nSPS) is 30.4. The average Bonchev–Trinajstić information content (AvgIpc) is 2.65. The molecule has 14 heavy (non-hydrogen) atoms. The Bertz CT molecular complexity index is 239. The van der Waals surface area contributed by atoms with Gasteiger partial charge >= 0.3 is 0 Å². The van der Waals surface area contributed by atoms with Crippen LogP contribution in [0.4, 0.5) is 0 Å². The average molecular weight is 194 g/mol. The summed E-state index contributed by atoms with van der Waals surface area (Å²) in [5.74, 6) is 0.388. The highest BCUT2D eigenvalue weighted by atomic mass is 16.5. The molecule has 1 unspecified atom stereocenters. The van der Waals surface area contributed by atoms with Gasteiger partial charge in [0.05, 0.1) is 5.60 Å². The third-order valence-corrected chi connectivity index (χ3v) is 3.61. The molecule has 0 N–H and O–H groups in total. The van der Waals surface area contributed by atoms with Crippen molar-refractivity contribution in [3.8, 4) is 0 Å². The SMILES string of the molecule is C=CC(=O)C1CCOC2(CCCC2)C1. The predicted molar refractivity (Wildman–Crippen MR) is 55.1 cm³/mol. The molecule has 1 saturated carbocycles. The van der Waals surface area contributed by atoms with Gasteiger partial charge in [0.15, 0.2) is 5.78 Å². The molecule has 2 fully saturated rings. The number of hydrogen-bond donors (Lipinski definition) is 0. The van der Waals surface area contributed by atoms with Crippen molar-refractivity contribution in [3.05, 3.63) is 12.7 Å². The van der Waals surface area contributed by atoms with Crippen LogP contribution in [0.3, 0.4) is 0 Å². The number of carbonyl (C=O) groups excluding carboxylic acids is 1. The number of rotatable bonds is 2. The molecule has 78 valence electrons. The van der Waals surface area contributed by atoms with Gasteiger partial charge in [-0.3, -0.25) is 4.79 Å². The minimum atomic E-state index is 0.0571. The van der Waals surface area contributed by atoms with Crippen molar-refractivity contribution >= 4 is 5.78 Å². The highest BCUT2D eigenvalue weighted by Crippen LogP contribution is 2.42. The summed E-state index contributed by atoms with van der Waals surface area (Å²) in [6.07, 6.45) is 8.09.